The Labute approximate surface area is 217 Å². The van der Waals surface area contributed by atoms with E-state index in [0.717, 1.165) is 28.3 Å². The van der Waals surface area contributed by atoms with Crippen LogP contribution in [0.1, 0.15) is 43.7 Å². The van der Waals surface area contributed by atoms with Crippen molar-refractivity contribution in [3.8, 4) is 22.8 Å². The number of nitrogens with zero attached hydrogens (tertiary/aromatic N) is 6. The van der Waals surface area contributed by atoms with Crippen molar-refractivity contribution in [1.82, 2.24) is 29.3 Å². The molecule has 0 unspecified atom stereocenters. The molecule has 0 spiro atoms. The van der Waals surface area contributed by atoms with Crippen LogP contribution in [0.5, 0.6) is 5.88 Å². The second kappa shape index (κ2) is 9.54. The Morgan fingerprint density at radius 1 is 1.14 bits per heavy atom. The van der Waals surface area contributed by atoms with Gasteiger partial charge in [-0.2, -0.15) is 10.1 Å². The molecular weight excluding hydrogens is 532 g/mol. The highest BCUT2D eigenvalue weighted by molar-refractivity contribution is 9.10. The first kappa shape index (κ1) is 25.1. The third-order valence-corrected chi connectivity index (χ3v) is 6.39. The van der Waals surface area contributed by atoms with E-state index in [9.17, 15) is 4.79 Å². The molecule has 0 radical (unpaired) electrons. The van der Waals surface area contributed by atoms with Gasteiger partial charge in [-0.15, -0.1) is 0 Å². The summed E-state index contributed by atoms with van der Waals surface area (Å²) in [6.07, 6.45) is 3.64. The highest BCUT2D eigenvalue weighted by Crippen LogP contribution is 2.31. The number of hydrogen-bond acceptors (Lipinski definition) is 6. The normalized spacial score (nSPS) is 11.7. The van der Waals surface area contributed by atoms with Gasteiger partial charge in [0.25, 0.3) is 5.56 Å². The summed E-state index contributed by atoms with van der Waals surface area (Å²) in [5.41, 5.74) is 3.24. The Balaban J connectivity index is 1.76. The number of aryl methyl sites for hydroxylation is 3. The molecule has 4 rings (SSSR count). The van der Waals surface area contributed by atoms with E-state index in [4.69, 9.17) is 21.3 Å². The molecule has 0 N–H and O–H groups in total. The van der Waals surface area contributed by atoms with Gasteiger partial charge in [0.05, 0.1) is 22.1 Å². The van der Waals surface area contributed by atoms with E-state index in [0.29, 0.717) is 16.5 Å². The smallest absolute Gasteiger partial charge is 0.276 e. The molecule has 0 aliphatic carbocycles. The topological polar surface area (TPSA) is 87.7 Å². The average Bonchev–Trinajstić information content (AvgIpc) is 3.21. The van der Waals surface area contributed by atoms with Crippen molar-refractivity contribution >= 4 is 27.5 Å². The first-order chi connectivity index (χ1) is 16.5. The Morgan fingerprint density at radius 2 is 1.89 bits per heavy atom. The van der Waals surface area contributed by atoms with Gasteiger partial charge >= 0.3 is 0 Å². The van der Waals surface area contributed by atoms with E-state index >= 15 is 0 Å². The third-order valence-electron chi connectivity index (χ3n) is 5.39. The van der Waals surface area contributed by atoms with Crippen molar-refractivity contribution in [3.05, 3.63) is 79.4 Å². The summed E-state index contributed by atoms with van der Waals surface area (Å²) in [4.78, 5) is 27.2. The fourth-order valence-corrected chi connectivity index (χ4v) is 4.15. The van der Waals surface area contributed by atoms with E-state index in [2.05, 4.69) is 51.8 Å². The molecule has 0 bridgehead atoms. The van der Waals surface area contributed by atoms with Crippen LogP contribution in [0.25, 0.3) is 16.9 Å². The van der Waals surface area contributed by atoms with Crippen molar-refractivity contribution in [2.24, 2.45) is 7.05 Å². The summed E-state index contributed by atoms with van der Waals surface area (Å²) >= 11 is 9.93. The monoisotopic (exact) mass is 556 g/mol. The summed E-state index contributed by atoms with van der Waals surface area (Å²) in [5, 5.41) is 4.70. The first-order valence-corrected chi connectivity index (χ1v) is 12.2. The summed E-state index contributed by atoms with van der Waals surface area (Å²) in [5.74, 6) is 1.37. The lowest BCUT2D eigenvalue weighted by Gasteiger charge is -2.19. The van der Waals surface area contributed by atoms with Crippen molar-refractivity contribution in [3.63, 3.8) is 0 Å². The SMILES string of the molecule is Cc1cnc(C(C)(C)C)nc1-c1ccc(Cl)c(-n2c(C)nc(OCc3ccn(C)n3)c(Br)c2=O)c1. The highest BCUT2D eigenvalue weighted by atomic mass is 79.9. The van der Waals surface area contributed by atoms with E-state index in [-0.39, 0.29) is 27.9 Å². The third kappa shape index (κ3) is 5.16. The number of rotatable bonds is 5. The fraction of sp³-hybridized carbons (Fsp3) is 0.320. The van der Waals surface area contributed by atoms with Crippen LogP contribution in [0.15, 0.2) is 45.9 Å². The molecule has 0 saturated heterocycles. The minimum atomic E-state index is -0.331. The lowest BCUT2D eigenvalue weighted by molar-refractivity contribution is 0.283. The van der Waals surface area contributed by atoms with Crippen molar-refractivity contribution in [2.45, 2.75) is 46.6 Å². The molecule has 0 aliphatic heterocycles. The van der Waals surface area contributed by atoms with Crippen molar-refractivity contribution in [2.75, 3.05) is 0 Å². The number of ether oxygens (including phenoxy) is 1. The number of benzene rings is 1. The van der Waals surface area contributed by atoms with E-state index < -0.39 is 0 Å². The molecule has 0 amide bonds. The van der Waals surface area contributed by atoms with Crippen LogP contribution in [0.4, 0.5) is 0 Å². The van der Waals surface area contributed by atoms with Gasteiger partial charge in [-0.25, -0.2) is 9.97 Å². The van der Waals surface area contributed by atoms with E-state index in [1.807, 2.05) is 44.6 Å². The summed E-state index contributed by atoms with van der Waals surface area (Å²) in [6, 6.07) is 7.34. The van der Waals surface area contributed by atoms with E-state index in [1.165, 1.54) is 4.57 Å². The van der Waals surface area contributed by atoms with Gasteiger partial charge in [0.2, 0.25) is 5.88 Å². The minimum Gasteiger partial charge on any atom is -0.470 e. The van der Waals surface area contributed by atoms with Gasteiger partial charge in [0.1, 0.15) is 22.7 Å². The summed E-state index contributed by atoms with van der Waals surface area (Å²) in [6.45, 7) is 10.1. The number of halogens is 2. The predicted molar refractivity (Wildman–Crippen MR) is 139 cm³/mol. The Kier molecular flexibility index (Phi) is 6.83. The molecule has 182 valence electrons. The summed E-state index contributed by atoms with van der Waals surface area (Å²) < 4.78 is 9.12. The highest BCUT2D eigenvalue weighted by Gasteiger charge is 2.21. The molecular formula is C25H26BrClN6O2. The van der Waals surface area contributed by atoms with Crippen LogP contribution < -0.4 is 10.3 Å². The lowest BCUT2D eigenvalue weighted by atomic mass is 9.95. The van der Waals surface area contributed by atoms with Gasteiger partial charge in [0, 0.05) is 30.4 Å². The lowest BCUT2D eigenvalue weighted by Crippen LogP contribution is -2.24. The first-order valence-electron chi connectivity index (χ1n) is 11.0. The zero-order chi connectivity index (χ0) is 25.5. The molecule has 4 aromatic rings. The molecule has 3 aromatic heterocycles. The molecule has 0 fully saturated rings. The molecule has 3 heterocycles. The van der Waals surface area contributed by atoms with Gasteiger partial charge in [-0.1, -0.05) is 38.4 Å². The standard InChI is InChI=1S/C25H26BrClN6O2/c1-14-12-28-24(25(3,4)5)30-21(14)16-7-8-18(27)19(11-16)33-15(2)29-22(20(26)23(33)34)35-13-17-9-10-32(6)31-17/h7-12H,13H2,1-6H3. The average molecular weight is 558 g/mol. The maximum absolute atomic E-state index is 13.4. The molecule has 0 aliphatic rings. The van der Waals surface area contributed by atoms with Crippen LogP contribution in [-0.4, -0.2) is 29.3 Å². The van der Waals surface area contributed by atoms with Gasteiger partial charge in [-0.3, -0.25) is 14.0 Å². The second-order valence-corrected chi connectivity index (χ2v) is 10.5. The second-order valence-electron chi connectivity index (χ2n) is 9.33. The van der Waals surface area contributed by atoms with Gasteiger partial charge < -0.3 is 4.74 Å². The maximum atomic E-state index is 13.4. The Hall–Kier alpha value is -3.04. The zero-order valence-corrected chi connectivity index (χ0v) is 22.8. The maximum Gasteiger partial charge on any atom is 0.276 e. The molecule has 10 heteroatoms. The minimum absolute atomic E-state index is 0.189. The molecule has 8 nitrogen and oxygen atoms in total. The number of aromatic nitrogens is 6. The Bertz CT molecular complexity index is 1470. The van der Waals surface area contributed by atoms with Crippen molar-refractivity contribution < 1.29 is 4.74 Å². The van der Waals surface area contributed by atoms with Crippen LogP contribution in [0.3, 0.4) is 0 Å². The Morgan fingerprint density at radius 3 is 2.54 bits per heavy atom. The van der Waals surface area contributed by atoms with Crippen LogP contribution in [-0.2, 0) is 19.1 Å². The zero-order valence-electron chi connectivity index (χ0n) is 20.4. The number of hydrogen-bond donors (Lipinski definition) is 0. The van der Waals surface area contributed by atoms with Crippen LogP contribution in [0, 0.1) is 13.8 Å². The van der Waals surface area contributed by atoms with Crippen molar-refractivity contribution in [1.29, 1.82) is 0 Å². The molecule has 0 saturated carbocycles. The summed E-state index contributed by atoms with van der Waals surface area (Å²) in [7, 11) is 1.83. The molecule has 1 aromatic carbocycles. The van der Waals surface area contributed by atoms with Gasteiger partial charge in [-0.05, 0) is 53.5 Å². The van der Waals surface area contributed by atoms with Crippen LogP contribution >= 0.6 is 27.5 Å². The molecule has 35 heavy (non-hydrogen) atoms. The largest absolute Gasteiger partial charge is 0.470 e. The fourth-order valence-electron chi connectivity index (χ4n) is 3.57. The predicted octanol–water partition coefficient (Wildman–Crippen LogP) is 5.33. The van der Waals surface area contributed by atoms with Crippen LogP contribution in [0.2, 0.25) is 5.02 Å². The van der Waals surface area contributed by atoms with Gasteiger partial charge in [0.15, 0.2) is 0 Å². The van der Waals surface area contributed by atoms with E-state index in [1.54, 1.807) is 17.7 Å². The molecule has 0 atom stereocenters. The quantitative estimate of drug-likeness (QED) is 0.329.